The van der Waals surface area contributed by atoms with E-state index in [2.05, 4.69) is 27.2 Å². The number of likely N-dealkylation sites (N-methyl/N-ethyl adjacent to an activating group) is 1. The van der Waals surface area contributed by atoms with Gasteiger partial charge in [-0.05, 0) is 45.6 Å². The van der Waals surface area contributed by atoms with Crippen LogP contribution in [0.15, 0.2) is 6.20 Å². The fraction of sp³-hybridized carbons (Fsp3) is 0.727. The first kappa shape index (κ1) is 20.3. The summed E-state index contributed by atoms with van der Waals surface area (Å²) in [5.41, 5.74) is 1.42. The molecule has 7 nitrogen and oxygen atoms in total. The van der Waals surface area contributed by atoms with Crippen molar-refractivity contribution in [2.24, 2.45) is 0 Å². The van der Waals surface area contributed by atoms with Crippen LogP contribution in [-0.4, -0.2) is 70.9 Å². The number of nitrogens with one attached hydrogen (secondary N) is 1. The van der Waals surface area contributed by atoms with E-state index in [0.717, 1.165) is 43.7 Å². The summed E-state index contributed by atoms with van der Waals surface area (Å²) in [6.45, 7) is 2.17. The quantitative estimate of drug-likeness (QED) is 0.760. The number of hydrogen-bond donors (Lipinski definition) is 1. The van der Waals surface area contributed by atoms with Gasteiger partial charge in [0, 0.05) is 37.8 Å². The molecule has 1 N–H and O–H groups in total. The maximum Gasteiger partial charge on any atom is 0.257 e. The average molecular weight is 400 g/mol. The zero-order valence-electron chi connectivity index (χ0n) is 17.5. The molecular formula is C22H33N5O2. The fourth-order valence-electron chi connectivity index (χ4n) is 4.51. The van der Waals surface area contributed by atoms with Crippen molar-refractivity contribution in [1.82, 2.24) is 25.1 Å². The Morgan fingerprint density at radius 3 is 2.76 bits per heavy atom. The molecule has 0 bridgehead atoms. The molecule has 0 spiro atoms. The Morgan fingerprint density at radius 2 is 2.00 bits per heavy atom. The Morgan fingerprint density at radius 1 is 1.21 bits per heavy atom. The monoisotopic (exact) mass is 399 g/mol. The molecule has 29 heavy (non-hydrogen) atoms. The van der Waals surface area contributed by atoms with Crippen LogP contribution in [0.4, 0.5) is 0 Å². The molecule has 2 saturated carbocycles. The first-order chi connectivity index (χ1) is 14.1. The van der Waals surface area contributed by atoms with Gasteiger partial charge in [0.05, 0.1) is 17.8 Å². The Labute approximate surface area is 173 Å². The molecule has 1 aromatic rings. The number of aromatic nitrogens is 2. The lowest BCUT2D eigenvalue weighted by Crippen LogP contribution is -2.44. The molecule has 0 saturated heterocycles. The van der Waals surface area contributed by atoms with Gasteiger partial charge in [0.1, 0.15) is 5.82 Å². The molecule has 7 heteroatoms. The SMILES string of the molecule is CN(CCNC(=O)CN1CCCc2nc(C3CC3)ncc2C1=O)C1CCCCC1. The highest BCUT2D eigenvalue weighted by atomic mass is 16.2. The molecule has 2 heterocycles. The molecular weight excluding hydrogens is 366 g/mol. The first-order valence-corrected chi connectivity index (χ1v) is 11.2. The molecule has 1 aliphatic heterocycles. The molecule has 4 rings (SSSR count). The van der Waals surface area contributed by atoms with E-state index >= 15 is 0 Å². The van der Waals surface area contributed by atoms with E-state index in [-0.39, 0.29) is 18.4 Å². The second kappa shape index (κ2) is 9.20. The van der Waals surface area contributed by atoms with Gasteiger partial charge in [-0.3, -0.25) is 9.59 Å². The van der Waals surface area contributed by atoms with Crippen molar-refractivity contribution in [2.75, 3.05) is 33.2 Å². The highest BCUT2D eigenvalue weighted by Crippen LogP contribution is 2.38. The topological polar surface area (TPSA) is 78.4 Å². The van der Waals surface area contributed by atoms with Crippen molar-refractivity contribution in [1.29, 1.82) is 0 Å². The van der Waals surface area contributed by atoms with E-state index in [1.165, 1.54) is 32.1 Å². The summed E-state index contributed by atoms with van der Waals surface area (Å²) in [6, 6.07) is 0.643. The van der Waals surface area contributed by atoms with E-state index in [4.69, 9.17) is 0 Å². The lowest BCUT2D eigenvalue weighted by atomic mass is 9.94. The van der Waals surface area contributed by atoms with Gasteiger partial charge in [0.2, 0.25) is 5.91 Å². The maximum atomic E-state index is 12.9. The van der Waals surface area contributed by atoms with Gasteiger partial charge < -0.3 is 15.1 Å². The number of fused-ring (bicyclic) bond motifs is 1. The van der Waals surface area contributed by atoms with Gasteiger partial charge in [-0.25, -0.2) is 9.97 Å². The maximum absolute atomic E-state index is 12.9. The predicted octanol–water partition coefficient (Wildman–Crippen LogP) is 2.12. The number of aryl methyl sites for hydroxylation is 1. The molecule has 2 fully saturated rings. The summed E-state index contributed by atoms with van der Waals surface area (Å²) in [5, 5.41) is 2.99. The lowest BCUT2D eigenvalue weighted by molar-refractivity contribution is -0.121. The number of nitrogens with zero attached hydrogens (tertiary/aromatic N) is 4. The molecule has 0 radical (unpaired) electrons. The van der Waals surface area contributed by atoms with E-state index in [0.29, 0.717) is 30.6 Å². The molecule has 2 aliphatic carbocycles. The summed E-state index contributed by atoms with van der Waals surface area (Å²) in [4.78, 5) is 38.4. The van der Waals surface area contributed by atoms with Crippen molar-refractivity contribution in [3.63, 3.8) is 0 Å². The van der Waals surface area contributed by atoms with Crippen molar-refractivity contribution in [3.8, 4) is 0 Å². The van der Waals surface area contributed by atoms with Crippen LogP contribution in [0, 0.1) is 0 Å². The highest BCUT2D eigenvalue weighted by molar-refractivity contribution is 5.97. The van der Waals surface area contributed by atoms with Gasteiger partial charge in [0.15, 0.2) is 0 Å². The minimum absolute atomic E-state index is 0.0886. The Kier molecular flexibility index (Phi) is 6.43. The fourth-order valence-corrected chi connectivity index (χ4v) is 4.51. The Balaban J connectivity index is 1.27. The van der Waals surface area contributed by atoms with E-state index in [1.54, 1.807) is 11.1 Å². The third kappa shape index (κ3) is 5.13. The Bertz CT molecular complexity index is 743. The van der Waals surface area contributed by atoms with Crippen LogP contribution in [-0.2, 0) is 11.2 Å². The molecule has 2 amide bonds. The standard InChI is InChI=1S/C22H33N5O2/c1-26(17-6-3-2-4-7-17)13-11-23-20(28)15-27-12-5-8-19-18(22(27)29)14-24-21(25-19)16-9-10-16/h14,16-17H,2-13,15H2,1H3,(H,23,28). The summed E-state index contributed by atoms with van der Waals surface area (Å²) < 4.78 is 0. The van der Waals surface area contributed by atoms with Crippen molar-refractivity contribution >= 4 is 11.8 Å². The summed E-state index contributed by atoms with van der Waals surface area (Å²) >= 11 is 0. The van der Waals surface area contributed by atoms with Crippen molar-refractivity contribution in [3.05, 3.63) is 23.3 Å². The third-order valence-electron chi connectivity index (χ3n) is 6.51. The second-order valence-corrected chi connectivity index (χ2v) is 8.82. The van der Waals surface area contributed by atoms with Gasteiger partial charge in [-0.2, -0.15) is 0 Å². The van der Waals surface area contributed by atoms with Crippen LogP contribution in [0.1, 0.15) is 79.2 Å². The van der Waals surface area contributed by atoms with E-state index < -0.39 is 0 Å². The van der Waals surface area contributed by atoms with Crippen molar-refractivity contribution in [2.45, 2.75) is 69.7 Å². The number of carbonyl (C=O) groups excluding carboxylic acids is 2. The van der Waals surface area contributed by atoms with Gasteiger partial charge in [0.25, 0.3) is 5.91 Å². The largest absolute Gasteiger partial charge is 0.353 e. The summed E-state index contributed by atoms with van der Waals surface area (Å²) in [6.07, 6.45) is 12.1. The Hall–Kier alpha value is -2.02. The van der Waals surface area contributed by atoms with Crippen LogP contribution in [0.3, 0.4) is 0 Å². The van der Waals surface area contributed by atoms with Crippen LogP contribution in [0.5, 0.6) is 0 Å². The van der Waals surface area contributed by atoms with Crippen LogP contribution in [0.25, 0.3) is 0 Å². The second-order valence-electron chi connectivity index (χ2n) is 8.82. The summed E-state index contributed by atoms with van der Waals surface area (Å²) in [5.74, 6) is 1.15. The molecule has 0 unspecified atom stereocenters. The van der Waals surface area contributed by atoms with Crippen molar-refractivity contribution < 1.29 is 9.59 Å². The van der Waals surface area contributed by atoms with E-state index in [9.17, 15) is 9.59 Å². The van der Waals surface area contributed by atoms with Gasteiger partial charge in [-0.15, -0.1) is 0 Å². The smallest absolute Gasteiger partial charge is 0.257 e. The number of hydrogen-bond acceptors (Lipinski definition) is 5. The predicted molar refractivity (Wildman–Crippen MR) is 111 cm³/mol. The molecule has 3 aliphatic rings. The number of carbonyl (C=O) groups is 2. The normalized spacial score (nSPS) is 20.5. The van der Waals surface area contributed by atoms with E-state index in [1.807, 2.05) is 0 Å². The van der Waals surface area contributed by atoms with Crippen LogP contribution < -0.4 is 5.32 Å². The molecule has 1 aromatic heterocycles. The average Bonchev–Trinajstić information content (AvgIpc) is 3.59. The minimum atomic E-state index is -0.116. The third-order valence-corrected chi connectivity index (χ3v) is 6.51. The van der Waals surface area contributed by atoms with Gasteiger partial charge in [-0.1, -0.05) is 19.3 Å². The van der Waals surface area contributed by atoms with Crippen LogP contribution >= 0.6 is 0 Å². The zero-order chi connectivity index (χ0) is 20.2. The molecule has 158 valence electrons. The zero-order valence-corrected chi connectivity index (χ0v) is 17.5. The van der Waals surface area contributed by atoms with Gasteiger partial charge >= 0.3 is 0 Å². The lowest BCUT2D eigenvalue weighted by Gasteiger charge is -2.31. The molecule has 0 aromatic carbocycles. The minimum Gasteiger partial charge on any atom is -0.353 e. The highest BCUT2D eigenvalue weighted by Gasteiger charge is 2.30. The molecule has 0 atom stereocenters. The number of rotatable bonds is 7. The summed E-state index contributed by atoms with van der Waals surface area (Å²) in [7, 11) is 2.15. The number of amides is 2. The first-order valence-electron chi connectivity index (χ1n) is 11.2. The van der Waals surface area contributed by atoms with Crippen LogP contribution in [0.2, 0.25) is 0 Å².